The zero-order valence-corrected chi connectivity index (χ0v) is 19.7. The number of nitrogens with zero attached hydrogens (tertiary/aromatic N) is 1. The van der Waals surface area contributed by atoms with E-state index < -0.39 is 5.97 Å². The van der Waals surface area contributed by atoms with Crippen LogP contribution in [0.2, 0.25) is 0 Å². The Labute approximate surface area is 199 Å². The molecule has 172 valence electrons. The number of hydrogen-bond acceptors (Lipinski definition) is 3. The number of carbonyl (C=O) groups excluding carboxylic acids is 1. The molecular weight excluding hydrogens is 432 g/mol. The number of rotatable bonds is 11. The summed E-state index contributed by atoms with van der Waals surface area (Å²) in [6.45, 7) is 3.35. The van der Waals surface area contributed by atoms with Gasteiger partial charge in [-0.25, -0.2) is 4.79 Å². The summed E-state index contributed by atoms with van der Waals surface area (Å²) in [4.78, 5) is 27.7. The third kappa shape index (κ3) is 7.99. The Morgan fingerprint density at radius 2 is 1.67 bits per heavy atom. The smallest absolute Gasteiger partial charge is 0.321 e. The number of aliphatic carboxylic acids is 1. The van der Waals surface area contributed by atoms with Gasteiger partial charge in [-0.3, -0.25) is 9.69 Å². The molecule has 3 rings (SSSR count). The minimum atomic E-state index is -0.837. The Kier molecular flexibility index (Phi) is 9.39. The van der Waals surface area contributed by atoms with E-state index in [2.05, 4.69) is 24.4 Å². The SMILES string of the molecule is CCCCNC(=O)N(CCc1ccccc1)c1cccc(Sc2ccc(CC(=O)O)cc2)c1. The highest BCUT2D eigenvalue weighted by Gasteiger charge is 2.16. The van der Waals surface area contributed by atoms with E-state index >= 15 is 0 Å². The summed E-state index contributed by atoms with van der Waals surface area (Å²) in [6, 6.07) is 25.6. The number of carboxylic acid groups (broad SMARTS) is 1. The van der Waals surface area contributed by atoms with Crippen LogP contribution in [0.5, 0.6) is 0 Å². The Morgan fingerprint density at radius 3 is 2.36 bits per heavy atom. The number of urea groups is 1. The van der Waals surface area contributed by atoms with Gasteiger partial charge in [0.2, 0.25) is 0 Å². The van der Waals surface area contributed by atoms with Crippen molar-refractivity contribution < 1.29 is 14.7 Å². The van der Waals surface area contributed by atoms with Crippen LogP contribution in [-0.4, -0.2) is 30.2 Å². The lowest BCUT2D eigenvalue weighted by atomic mass is 10.1. The third-order valence-corrected chi connectivity index (χ3v) is 6.16. The molecule has 0 aliphatic carbocycles. The van der Waals surface area contributed by atoms with Gasteiger partial charge in [-0.1, -0.05) is 73.6 Å². The van der Waals surface area contributed by atoms with Crippen LogP contribution in [-0.2, 0) is 17.6 Å². The minimum absolute atomic E-state index is 0.0178. The van der Waals surface area contributed by atoms with E-state index in [0.717, 1.165) is 40.3 Å². The second kappa shape index (κ2) is 12.7. The van der Waals surface area contributed by atoms with Gasteiger partial charge in [-0.05, 0) is 54.3 Å². The van der Waals surface area contributed by atoms with Crippen LogP contribution in [0.1, 0.15) is 30.9 Å². The van der Waals surface area contributed by atoms with E-state index in [4.69, 9.17) is 5.11 Å². The van der Waals surface area contributed by atoms with Gasteiger partial charge in [0.25, 0.3) is 0 Å². The molecule has 0 aromatic heterocycles. The van der Waals surface area contributed by atoms with Crippen molar-refractivity contribution in [2.45, 2.75) is 42.4 Å². The lowest BCUT2D eigenvalue weighted by Crippen LogP contribution is -2.41. The van der Waals surface area contributed by atoms with Gasteiger partial charge in [0.15, 0.2) is 0 Å². The summed E-state index contributed by atoms with van der Waals surface area (Å²) in [7, 11) is 0. The first-order valence-electron chi connectivity index (χ1n) is 11.2. The molecule has 0 spiro atoms. The molecule has 2 N–H and O–H groups in total. The second-order valence-corrected chi connectivity index (χ2v) is 8.93. The topological polar surface area (TPSA) is 69.6 Å². The normalized spacial score (nSPS) is 10.6. The van der Waals surface area contributed by atoms with Crippen LogP contribution in [0, 0.1) is 0 Å². The molecule has 0 fully saturated rings. The first-order valence-corrected chi connectivity index (χ1v) is 12.0. The summed E-state index contributed by atoms with van der Waals surface area (Å²) >= 11 is 1.59. The van der Waals surface area contributed by atoms with E-state index in [0.29, 0.717) is 13.1 Å². The number of carboxylic acids is 1. The van der Waals surface area contributed by atoms with E-state index in [1.807, 2.05) is 71.6 Å². The van der Waals surface area contributed by atoms with Crippen molar-refractivity contribution in [1.82, 2.24) is 5.32 Å². The fourth-order valence-electron chi connectivity index (χ4n) is 3.40. The number of benzene rings is 3. The molecule has 2 amide bonds. The number of hydrogen-bond donors (Lipinski definition) is 2. The summed E-state index contributed by atoms with van der Waals surface area (Å²) in [5.74, 6) is -0.837. The van der Waals surface area contributed by atoms with Crippen molar-refractivity contribution in [3.63, 3.8) is 0 Å². The first-order chi connectivity index (χ1) is 16.0. The standard InChI is InChI=1S/C27H30N2O3S/c1-2-3-17-28-27(32)29(18-16-21-8-5-4-6-9-21)23-10-7-11-25(20-23)33-24-14-12-22(13-15-24)19-26(30)31/h4-15,20H,2-3,16-19H2,1H3,(H,28,32)(H,30,31). The van der Waals surface area contributed by atoms with Gasteiger partial charge in [-0.15, -0.1) is 0 Å². The Balaban J connectivity index is 1.74. The molecule has 0 heterocycles. The molecule has 0 unspecified atom stereocenters. The van der Waals surface area contributed by atoms with Crippen LogP contribution >= 0.6 is 11.8 Å². The van der Waals surface area contributed by atoms with E-state index in [1.54, 1.807) is 11.8 Å². The molecule has 5 nitrogen and oxygen atoms in total. The Morgan fingerprint density at radius 1 is 0.909 bits per heavy atom. The molecule has 0 atom stereocenters. The van der Waals surface area contributed by atoms with Crippen LogP contribution < -0.4 is 10.2 Å². The molecule has 0 aliphatic rings. The van der Waals surface area contributed by atoms with Crippen LogP contribution in [0.15, 0.2) is 88.7 Å². The lowest BCUT2D eigenvalue weighted by molar-refractivity contribution is -0.136. The fraction of sp³-hybridized carbons (Fsp3) is 0.259. The molecule has 0 radical (unpaired) electrons. The largest absolute Gasteiger partial charge is 0.481 e. The summed E-state index contributed by atoms with van der Waals surface area (Å²) in [5, 5.41) is 12.0. The molecule has 0 aliphatic heterocycles. The molecule has 0 bridgehead atoms. The maximum atomic E-state index is 13.0. The van der Waals surface area contributed by atoms with E-state index in [1.165, 1.54) is 5.56 Å². The molecular formula is C27H30N2O3S. The van der Waals surface area contributed by atoms with Crippen LogP contribution in [0.25, 0.3) is 0 Å². The van der Waals surface area contributed by atoms with Crippen molar-refractivity contribution >= 4 is 29.4 Å². The molecule has 0 saturated heterocycles. The number of carbonyl (C=O) groups is 2. The molecule has 33 heavy (non-hydrogen) atoms. The number of anilines is 1. The van der Waals surface area contributed by atoms with Gasteiger partial charge in [-0.2, -0.15) is 0 Å². The minimum Gasteiger partial charge on any atom is -0.481 e. The second-order valence-electron chi connectivity index (χ2n) is 7.79. The van der Waals surface area contributed by atoms with E-state index in [9.17, 15) is 9.59 Å². The zero-order valence-electron chi connectivity index (χ0n) is 18.9. The maximum Gasteiger partial charge on any atom is 0.321 e. The molecule has 6 heteroatoms. The monoisotopic (exact) mass is 462 g/mol. The predicted molar refractivity (Wildman–Crippen MR) is 134 cm³/mol. The maximum absolute atomic E-state index is 13.0. The summed E-state index contributed by atoms with van der Waals surface area (Å²) < 4.78 is 0. The van der Waals surface area contributed by atoms with Crippen LogP contribution in [0.4, 0.5) is 10.5 Å². The molecule has 3 aromatic rings. The van der Waals surface area contributed by atoms with Gasteiger partial charge >= 0.3 is 12.0 Å². The predicted octanol–water partition coefficient (Wildman–Crippen LogP) is 6.02. The highest BCUT2D eigenvalue weighted by Crippen LogP contribution is 2.31. The van der Waals surface area contributed by atoms with Crippen molar-refractivity contribution in [2.24, 2.45) is 0 Å². The summed E-state index contributed by atoms with van der Waals surface area (Å²) in [5.41, 5.74) is 2.82. The van der Waals surface area contributed by atoms with Crippen LogP contribution in [0.3, 0.4) is 0 Å². The van der Waals surface area contributed by atoms with Crippen molar-refractivity contribution in [2.75, 3.05) is 18.0 Å². The lowest BCUT2D eigenvalue weighted by Gasteiger charge is -2.24. The van der Waals surface area contributed by atoms with Gasteiger partial charge in [0.1, 0.15) is 0 Å². The number of unbranched alkanes of at least 4 members (excludes halogenated alkanes) is 1. The Bertz CT molecular complexity index is 1040. The average molecular weight is 463 g/mol. The molecule has 3 aromatic carbocycles. The average Bonchev–Trinajstić information content (AvgIpc) is 2.81. The van der Waals surface area contributed by atoms with Gasteiger partial charge in [0, 0.05) is 28.6 Å². The highest BCUT2D eigenvalue weighted by molar-refractivity contribution is 7.99. The van der Waals surface area contributed by atoms with Crippen molar-refractivity contribution in [3.05, 3.63) is 90.0 Å². The van der Waals surface area contributed by atoms with E-state index in [-0.39, 0.29) is 12.5 Å². The van der Waals surface area contributed by atoms with Gasteiger partial charge in [0.05, 0.1) is 6.42 Å². The number of amides is 2. The zero-order chi connectivity index (χ0) is 23.5. The van der Waals surface area contributed by atoms with Gasteiger partial charge < -0.3 is 10.4 Å². The molecule has 0 saturated carbocycles. The first kappa shape index (κ1) is 24.4. The Hall–Kier alpha value is -3.25. The summed E-state index contributed by atoms with van der Waals surface area (Å²) in [6.07, 6.45) is 2.77. The third-order valence-electron chi connectivity index (χ3n) is 5.16. The number of nitrogens with one attached hydrogen (secondary N) is 1. The van der Waals surface area contributed by atoms with Crippen molar-refractivity contribution in [3.8, 4) is 0 Å². The highest BCUT2D eigenvalue weighted by atomic mass is 32.2. The fourth-order valence-corrected chi connectivity index (χ4v) is 4.27. The quantitative estimate of drug-likeness (QED) is 0.342. The van der Waals surface area contributed by atoms with Crippen molar-refractivity contribution in [1.29, 1.82) is 0 Å².